The highest BCUT2D eigenvalue weighted by Gasteiger charge is 1.96. The van der Waals surface area contributed by atoms with E-state index in [4.69, 9.17) is 10.2 Å². The van der Waals surface area contributed by atoms with E-state index in [-0.39, 0.29) is 6.42 Å². The topological polar surface area (TPSA) is 57.5 Å². The average Bonchev–Trinajstić information content (AvgIpc) is 2.31. The van der Waals surface area contributed by atoms with Gasteiger partial charge in [-0.1, -0.05) is 30.3 Å². The Morgan fingerprint density at radius 2 is 1.75 bits per heavy atom. The number of rotatable bonds is 3. The molecule has 0 aliphatic carbocycles. The monoisotopic (exact) mass is 222 g/mol. The minimum Gasteiger partial charge on any atom is -0.481 e. The Balaban J connectivity index is 0. The molecule has 0 unspecified atom stereocenters. The summed E-state index contributed by atoms with van der Waals surface area (Å²) >= 11 is 0. The summed E-state index contributed by atoms with van der Waals surface area (Å²) in [5, 5.41) is 15.4. The number of carboxylic acids is 1. The molecule has 0 amide bonds. The minimum atomic E-state index is -0.742. The van der Waals surface area contributed by atoms with Crippen LogP contribution in [-0.2, 0) is 11.2 Å². The Hall–Kier alpha value is -1.79. The molecule has 0 saturated heterocycles. The Morgan fingerprint density at radius 1 is 1.31 bits per heavy atom. The van der Waals surface area contributed by atoms with E-state index < -0.39 is 5.97 Å². The van der Waals surface area contributed by atoms with E-state index in [1.165, 1.54) is 0 Å². The fraction of sp³-hybridized carbons (Fsp3) is 0.308. The molecule has 0 aromatic heterocycles. The molecule has 1 aromatic rings. The maximum Gasteiger partial charge on any atom is 0.303 e. The summed E-state index contributed by atoms with van der Waals surface area (Å²) in [5.41, 5.74) is 1.08. The summed E-state index contributed by atoms with van der Waals surface area (Å²) in [4.78, 5) is 10.2. The molecule has 0 bridgehead atoms. The van der Waals surface area contributed by atoms with Gasteiger partial charge in [-0.2, -0.15) is 0 Å². The molecular weight excluding hydrogens is 204 g/mol. The van der Waals surface area contributed by atoms with Crippen LogP contribution < -0.4 is 0 Å². The molecule has 0 aliphatic heterocycles. The lowest BCUT2D eigenvalue weighted by Gasteiger charge is -1.95. The lowest BCUT2D eigenvalue weighted by Crippen LogP contribution is -1.96. The zero-order valence-corrected chi connectivity index (χ0v) is 9.68. The summed E-state index contributed by atoms with van der Waals surface area (Å²) in [7, 11) is 1.00. The number of aliphatic carboxylic acids is 1. The third-order valence-corrected chi connectivity index (χ3v) is 1.47. The molecular formula is C13H18O3. The number of carboxylic acid groups (broad SMARTS) is 1. The van der Waals surface area contributed by atoms with Crippen LogP contribution in [0.5, 0.6) is 0 Å². The van der Waals surface area contributed by atoms with Crippen molar-refractivity contribution < 1.29 is 15.0 Å². The third-order valence-electron chi connectivity index (χ3n) is 1.47. The van der Waals surface area contributed by atoms with Crippen LogP contribution in [0.1, 0.15) is 18.9 Å². The van der Waals surface area contributed by atoms with Crippen molar-refractivity contribution in [2.24, 2.45) is 0 Å². The summed E-state index contributed by atoms with van der Waals surface area (Å²) in [5.74, 6) is 1.51. The summed E-state index contributed by atoms with van der Waals surface area (Å²) in [6, 6.07) is 9.62. The molecule has 0 saturated carbocycles. The number of hydrogen-bond donors (Lipinski definition) is 2. The fourth-order valence-electron chi connectivity index (χ4n) is 0.896. The van der Waals surface area contributed by atoms with Gasteiger partial charge in [0.15, 0.2) is 0 Å². The second kappa shape index (κ2) is 13.2. The van der Waals surface area contributed by atoms with Gasteiger partial charge in [-0.15, -0.1) is 12.3 Å². The second-order valence-corrected chi connectivity index (χ2v) is 2.67. The van der Waals surface area contributed by atoms with E-state index in [0.29, 0.717) is 6.42 Å². The van der Waals surface area contributed by atoms with E-state index in [1.54, 1.807) is 6.92 Å². The molecule has 1 aromatic carbocycles. The molecule has 0 heterocycles. The largest absolute Gasteiger partial charge is 0.481 e. The quantitative estimate of drug-likeness (QED) is 0.768. The number of aliphatic hydroxyl groups excluding tert-OH is 1. The summed E-state index contributed by atoms with van der Waals surface area (Å²) < 4.78 is 0. The van der Waals surface area contributed by atoms with Gasteiger partial charge in [0.05, 0.1) is 0 Å². The number of terminal acetylenes is 1. The van der Waals surface area contributed by atoms with Crippen molar-refractivity contribution in [3.63, 3.8) is 0 Å². The van der Waals surface area contributed by atoms with Crippen molar-refractivity contribution in [3.8, 4) is 12.3 Å². The van der Waals surface area contributed by atoms with Crippen molar-refractivity contribution >= 4 is 5.97 Å². The van der Waals surface area contributed by atoms with Crippen LogP contribution in [-0.4, -0.2) is 23.3 Å². The van der Waals surface area contributed by atoms with Crippen molar-refractivity contribution in [2.45, 2.75) is 19.8 Å². The Labute approximate surface area is 96.7 Å². The van der Waals surface area contributed by atoms with Crippen molar-refractivity contribution in [3.05, 3.63) is 35.9 Å². The Kier molecular flexibility index (Phi) is 13.7. The Morgan fingerprint density at radius 3 is 2.12 bits per heavy atom. The van der Waals surface area contributed by atoms with Gasteiger partial charge in [0, 0.05) is 13.5 Å². The highest BCUT2D eigenvalue weighted by molar-refractivity contribution is 5.67. The molecule has 2 N–H and O–H groups in total. The van der Waals surface area contributed by atoms with Gasteiger partial charge in [-0.05, 0) is 18.9 Å². The lowest BCUT2D eigenvalue weighted by atomic mass is 10.1. The van der Waals surface area contributed by atoms with Crippen LogP contribution in [0.25, 0.3) is 0 Å². The summed E-state index contributed by atoms with van der Waals surface area (Å²) in [6.07, 6.45) is 5.43. The third kappa shape index (κ3) is 12.2. The summed E-state index contributed by atoms with van der Waals surface area (Å²) in [6.45, 7) is 1.65. The minimum absolute atomic E-state index is 0.212. The van der Waals surface area contributed by atoms with Crippen LogP contribution >= 0.6 is 0 Å². The zero-order chi connectivity index (χ0) is 12.8. The predicted octanol–water partition coefficient (Wildman–Crippen LogP) is 1.95. The van der Waals surface area contributed by atoms with Crippen LogP contribution in [0.4, 0.5) is 0 Å². The van der Waals surface area contributed by atoms with E-state index >= 15 is 0 Å². The molecule has 0 atom stereocenters. The van der Waals surface area contributed by atoms with Crippen molar-refractivity contribution in [2.75, 3.05) is 7.11 Å². The van der Waals surface area contributed by atoms with Gasteiger partial charge in [-0.25, -0.2) is 0 Å². The van der Waals surface area contributed by atoms with Crippen molar-refractivity contribution in [1.29, 1.82) is 0 Å². The molecule has 0 fully saturated rings. The molecule has 88 valence electrons. The number of aliphatic hydroxyl groups is 1. The van der Waals surface area contributed by atoms with E-state index in [2.05, 4.69) is 12.3 Å². The van der Waals surface area contributed by atoms with Gasteiger partial charge < -0.3 is 10.2 Å². The van der Waals surface area contributed by atoms with Crippen LogP contribution in [0.3, 0.4) is 0 Å². The normalized spacial score (nSPS) is 7.38. The number of hydrogen-bond acceptors (Lipinski definition) is 2. The maximum atomic E-state index is 10.2. The molecule has 3 heteroatoms. The van der Waals surface area contributed by atoms with Gasteiger partial charge in [0.1, 0.15) is 0 Å². The first-order valence-electron chi connectivity index (χ1n) is 4.78. The van der Waals surface area contributed by atoms with Gasteiger partial charge >= 0.3 is 5.97 Å². The molecule has 16 heavy (non-hydrogen) atoms. The van der Waals surface area contributed by atoms with Crippen LogP contribution in [0, 0.1) is 12.3 Å². The van der Waals surface area contributed by atoms with Gasteiger partial charge in [-0.3, -0.25) is 4.79 Å². The van der Waals surface area contributed by atoms with E-state index in [9.17, 15) is 4.79 Å². The number of benzene rings is 1. The Bertz CT molecular complexity index is 299. The van der Waals surface area contributed by atoms with Gasteiger partial charge in [0.25, 0.3) is 0 Å². The maximum absolute atomic E-state index is 10.2. The van der Waals surface area contributed by atoms with Crippen LogP contribution in [0.2, 0.25) is 0 Å². The van der Waals surface area contributed by atoms with Crippen LogP contribution in [0.15, 0.2) is 30.3 Å². The first-order valence-corrected chi connectivity index (χ1v) is 4.78. The molecule has 3 nitrogen and oxygen atoms in total. The number of carbonyl (C=O) groups is 1. The molecule has 1 rings (SSSR count). The molecule has 0 radical (unpaired) electrons. The lowest BCUT2D eigenvalue weighted by molar-refractivity contribution is -0.136. The number of aryl methyl sites for hydroxylation is 1. The first-order chi connectivity index (χ1) is 7.70. The van der Waals surface area contributed by atoms with Gasteiger partial charge in [0.2, 0.25) is 0 Å². The highest BCUT2D eigenvalue weighted by atomic mass is 16.4. The van der Waals surface area contributed by atoms with E-state index in [1.807, 2.05) is 30.3 Å². The standard InChI is InChI=1S/C9H10O2.C3H4.CH4O/c10-9(11)7-6-8-4-2-1-3-5-8;1-3-2;1-2/h1-5H,6-7H2,(H,10,11);1H,2H3;2H,1H3. The SMILES string of the molecule is C#CC.CO.O=C(O)CCc1ccccc1. The van der Waals surface area contributed by atoms with Crippen molar-refractivity contribution in [1.82, 2.24) is 0 Å². The predicted molar refractivity (Wildman–Crippen MR) is 65.0 cm³/mol. The first kappa shape index (κ1) is 16.6. The molecule has 0 aliphatic rings. The highest BCUT2D eigenvalue weighted by Crippen LogP contribution is 2.01. The molecule has 0 spiro atoms. The fourth-order valence-corrected chi connectivity index (χ4v) is 0.896. The smallest absolute Gasteiger partial charge is 0.303 e. The zero-order valence-electron chi connectivity index (χ0n) is 9.68. The average molecular weight is 222 g/mol. The second-order valence-electron chi connectivity index (χ2n) is 2.67. The van der Waals surface area contributed by atoms with E-state index in [0.717, 1.165) is 12.7 Å².